The molecular weight excluding hydrogens is 262 g/mol. The van der Waals surface area contributed by atoms with E-state index in [-0.39, 0.29) is 0 Å². The second-order valence-electron chi connectivity index (χ2n) is 5.50. The standard InChI is InChI=1S/C17H21N3O/c1-12-19-16(13-5-3-7-15(9-13)21-2)10-17(20-12)14-6-4-8-18-11-14/h3,5,7,9-10,14,18H,4,6,8,11H2,1-2H3. The minimum atomic E-state index is 0.491. The van der Waals surface area contributed by atoms with Crippen molar-refractivity contribution >= 4 is 0 Å². The number of methoxy groups -OCH3 is 1. The number of ether oxygens (including phenoxy) is 1. The first-order valence-electron chi connectivity index (χ1n) is 7.47. The highest BCUT2D eigenvalue weighted by Crippen LogP contribution is 2.27. The quantitative estimate of drug-likeness (QED) is 0.941. The molecule has 1 aliphatic heterocycles. The molecule has 0 bridgehead atoms. The fourth-order valence-electron chi connectivity index (χ4n) is 2.83. The van der Waals surface area contributed by atoms with Gasteiger partial charge in [-0.2, -0.15) is 0 Å². The number of piperidine rings is 1. The zero-order valence-corrected chi connectivity index (χ0v) is 12.6. The molecule has 1 aromatic heterocycles. The average Bonchev–Trinajstić information content (AvgIpc) is 2.55. The summed E-state index contributed by atoms with van der Waals surface area (Å²) in [5.41, 5.74) is 3.19. The molecule has 1 unspecified atom stereocenters. The summed E-state index contributed by atoms with van der Waals surface area (Å²) in [6.45, 7) is 4.08. The highest BCUT2D eigenvalue weighted by atomic mass is 16.5. The number of aromatic nitrogens is 2. The molecule has 1 saturated heterocycles. The molecule has 1 aromatic carbocycles. The topological polar surface area (TPSA) is 47.0 Å². The maximum Gasteiger partial charge on any atom is 0.126 e. The Labute approximate surface area is 125 Å². The van der Waals surface area contributed by atoms with Gasteiger partial charge >= 0.3 is 0 Å². The van der Waals surface area contributed by atoms with Crippen molar-refractivity contribution in [1.29, 1.82) is 0 Å². The van der Waals surface area contributed by atoms with Crippen LogP contribution in [-0.4, -0.2) is 30.2 Å². The van der Waals surface area contributed by atoms with Crippen molar-refractivity contribution in [2.75, 3.05) is 20.2 Å². The van der Waals surface area contributed by atoms with Gasteiger partial charge in [0.1, 0.15) is 11.6 Å². The maximum absolute atomic E-state index is 5.30. The summed E-state index contributed by atoms with van der Waals surface area (Å²) in [7, 11) is 1.68. The van der Waals surface area contributed by atoms with Gasteiger partial charge in [-0.15, -0.1) is 0 Å². The first-order chi connectivity index (χ1) is 10.3. The van der Waals surface area contributed by atoms with Crippen molar-refractivity contribution in [1.82, 2.24) is 15.3 Å². The van der Waals surface area contributed by atoms with Crippen LogP contribution in [0.1, 0.15) is 30.3 Å². The number of aryl methyl sites for hydroxylation is 1. The largest absolute Gasteiger partial charge is 0.497 e. The van der Waals surface area contributed by atoms with Gasteiger partial charge in [0, 0.05) is 23.7 Å². The van der Waals surface area contributed by atoms with Crippen molar-refractivity contribution in [3.8, 4) is 17.0 Å². The van der Waals surface area contributed by atoms with Gasteiger partial charge in [0.05, 0.1) is 12.8 Å². The van der Waals surface area contributed by atoms with E-state index in [0.29, 0.717) is 5.92 Å². The highest BCUT2D eigenvalue weighted by Gasteiger charge is 2.18. The monoisotopic (exact) mass is 283 g/mol. The van der Waals surface area contributed by atoms with E-state index in [4.69, 9.17) is 4.74 Å². The van der Waals surface area contributed by atoms with Crippen LogP contribution in [0.25, 0.3) is 11.3 Å². The lowest BCUT2D eigenvalue weighted by atomic mass is 9.95. The van der Waals surface area contributed by atoms with Gasteiger partial charge in [-0.05, 0) is 44.5 Å². The molecule has 1 aliphatic rings. The third-order valence-electron chi connectivity index (χ3n) is 3.94. The molecule has 0 spiro atoms. The van der Waals surface area contributed by atoms with E-state index >= 15 is 0 Å². The summed E-state index contributed by atoms with van der Waals surface area (Å²) >= 11 is 0. The fraction of sp³-hybridized carbons (Fsp3) is 0.412. The Bertz CT molecular complexity index is 621. The molecule has 3 rings (SSSR count). The molecule has 4 nitrogen and oxygen atoms in total. The minimum Gasteiger partial charge on any atom is -0.497 e. The van der Waals surface area contributed by atoms with Gasteiger partial charge < -0.3 is 10.1 Å². The molecule has 1 fully saturated rings. The molecule has 0 amide bonds. The lowest BCUT2D eigenvalue weighted by Gasteiger charge is -2.22. The molecule has 0 radical (unpaired) electrons. The molecule has 2 aromatic rings. The average molecular weight is 283 g/mol. The predicted octanol–water partition coefficient (Wildman–Crippen LogP) is 2.93. The van der Waals surface area contributed by atoms with E-state index in [1.54, 1.807) is 7.11 Å². The molecule has 21 heavy (non-hydrogen) atoms. The SMILES string of the molecule is COc1cccc(-c2cc(C3CCCNC3)nc(C)n2)c1. The smallest absolute Gasteiger partial charge is 0.126 e. The van der Waals surface area contributed by atoms with Gasteiger partial charge in [0.15, 0.2) is 0 Å². The van der Waals surface area contributed by atoms with Crippen LogP contribution in [-0.2, 0) is 0 Å². The number of hydrogen-bond donors (Lipinski definition) is 1. The number of hydrogen-bond acceptors (Lipinski definition) is 4. The van der Waals surface area contributed by atoms with E-state index in [2.05, 4.69) is 27.4 Å². The summed E-state index contributed by atoms with van der Waals surface area (Å²) in [6.07, 6.45) is 2.41. The molecule has 4 heteroatoms. The Morgan fingerprint density at radius 1 is 1.24 bits per heavy atom. The van der Waals surface area contributed by atoms with Crippen molar-refractivity contribution in [2.45, 2.75) is 25.7 Å². The second kappa shape index (κ2) is 6.22. The highest BCUT2D eigenvalue weighted by molar-refractivity contribution is 5.61. The lowest BCUT2D eigenvalue weighted by Crippen LogP contribution is -2.29. The third-order valence-corrected chi connectivity index (χ3v) is 3.94. The van der Waals surface area contributed by atoms with E-state index in [0.717, 1.165) is 41.6 Å². The summed E-state index contributed by atoms with van der Waals surface area (Å²) in [5.74, 6) is 2.17. The zero-order chi connectivity index (χ0) is 14.7. The van der Waals surface area contributed by atoms with Crippen LogP contribution >= 0.6 is 0 Å². The number of nitrogens with one attached hydrogen (secondary N) is 1. The van der Waals surface area contributed by atoms with Crippen LogP contribution < -0.4 is 10.1 Å². The first-order valence-corrected chi connectivity index (χ1v) is 7.47. The van der Waals surface area contributed by atoms with E-state index in [9.17, 15) is 0 Å². The Balaban J connectivity index is 1.96. The van der Waals surface area contributed by atoms with Crippen LogP contribution in [0.2, 0.25) is 0 Å². The van der Waals surface area contributed by atoms with Crippen LogP contribution in [0.15, 0.2) is 30.3 Å². The molecule has 0 saturated carbocycles. The molecule has 1 atom stereocenters. The predicted molar refractivity (Wildman–Crippen MR) is 83.6 cm³/mol. The normalized spacial score (nSPS) is 18.5. The van der Waals surface area contributed by atoms with Crippen LogP contribution in [0.4, 0.5) is 0 Å². The van der Waals surface area contributed by atoms with E-state index < -0.39 is 0 Å². The molecule has 0 aliphatic carbocycles. The summed E-state index contributed by atoms with van der Waals surface area (Å²) in [5, 5.41) is 3.45. The first kappa shape index (κ1) is 14.0. The van der Waals surface area contributed by atoms with Crippen molar-refractivity contribution in [3.63, 3.8) is 0 Å². The Morgan fingerprint density at radius 3 is 2.90 bits per heavy atom. The third kappa shape index (κ3) is 3.22. The van der Waals surface area contributed by atoms with Gasteiger partial charge in [-0.3, -0.25) is 0 Å². The molecule has 110 valence electrons. The van der Waals surface area contributed by atoms with Gasteiger partial charge in [0.2, 0.25) is 0 Å². The molecular formula is C17H21N3O. The van der Waals surface area contributed by atoms with Crippen LogP contribution in [0.3, 0.4) is 0 Å². The van der Waals surface area contributed by atoms with Crippen LogP contribution in [0, 0.1) is 6.92 Å². The van der Waals surface area contributed by atoms with Gasteiger partial charge in [-0.1, -0.05) is 12.1 Å². The van der Waals surface area contributed by atoms with Gasteiger partial charge in [0.25, 0.3) is 0 Å². The van der Waals surface area contributed by atoms with E-state index in [1.807, 2.05) is 25.1 Å². The number of nitrogens with zero attached hydrogens (tertiary/aromatic N) is 2. The minimum absolute atomic E-state index is 0.491. The number of benzene rings is 1. The summed E-state index contributed by atoms with van der Waals surface area (Å²) < 4.78 is 5.30. The van der Waals surface area contributed by atoms with Gasteiger partial charge in [-0.25, -0.2) is 9.97 Å². The number of rotatable bonds is 3. The van der Waals surface area contributed by atoms with Crippen LogP contribution in [0.5, 0.6) is 5.75 Å². The Kier molecular flexibility index (Phi) is 4.15. The lowest BCUT2D eigenvalue weighted by molar-refractivity contribution is 0.415. The molecule has 1 N–H and O–H groups in total. The Hall–Kier alpha value is -1.94. The molecule has 2 heterocycles. The zero-order valence-electron chi connectivity index (χ0n) is 12.6. The summed E-state index contributed by atoms with van der Waals surface area (Å²) in [4.78, 5) is 9.23. The Morgan fingerprint density at radius 2 is 2.14 bits per heavy atom. The maximum atomic E-state index is 5.30. The fourth-order valence-corrected chi connectivity index (χ4v) is 2.83. The summed E-state index contributed by atoms with van der Waals surface area (Å²) in [6, 6.07) is 10.1. The second-order valence-corrected chi connectivity index (χ2v) is 5.50. The van der Waals surface area contributed by atoms with Crippen molar-refractivity contribution in [3.05, 3.63) is 41.9 Å². The van der Waals surface area contributed by atoms with E-state index in [1.165, 1.54) is 12.8 Å². The van der Waals surface area contributed by atoms with Crippen molar-refractivity contribution < 1.29 is 4.74 Å². The van der Waals surface area contributed by atoms with Crippen molar-refractivity contribution in [2.24, 2.45) is 0 Å².